The van der Waals surface area contributed by atoms with Crippen LogP contribution in [0.3, 0.4) is 0 Å². The number of esters is 3. The Hall–Kier alpha value is -1.59. The number of ether oxygens (including phenoxy) is 3. The number of carbonyl (C=O) groups is 3. The van der Waals surface area contributed by atoms with E-state index in [0.717, 1.165) is 69.6 Å². The molecule has 1 unspecified atom stereocenters. The van der Waals surface area contributed by atoms with Crippen molar-refractivity contribution >= 4 is 17.9 Å². The van der Waals surface area contributed by atoms with E-state index in [1.807, 2.05) is 0 Å². The largest absolute Gasteiger partial charge is 0.462 e. The van der Waals surface area contributed by atoms with Gasteiger partial charge in [-0.25, -0.2) is 0 Å². The van der Waals surface area contributed by atoms with Crippen LogP contribution in [-0.4, -0.2) is 37.2 Å². The predicted molar refractivity (Wildman–Crippen MR) is 252 cm³/mol. The van der Waals surface area contributed by atoms with Crippen LogP contribution in [0.1, 0.15) is 291 Å². The zero-order valence-electron chi connectivity index (χ0n) is 40.4. The molecule has 6 nitrogen and oxygen atoms in total. The fraction of sp³-hybridized carbons (Fsp3) is 0.943. The lowest BCUT2D eigenvalue weighted by Crippen LogP contribution is -2.30. The van der Waals surface area contributed by atoms with Gasteiger partial charge in [-0.15, -0.1) is 0 Å². The number of hydrogen-bond donors (Lipinski definition) is 0. The Balaban J connectivity index is 4.22. The van der Waals surface area contributed by atoms with Gasteiger partial charge in [0.1, 0.15) is 13.2 Å². The number of carbonyl (C=O) groups excluding carboxylic acids is 3. The van der Waals surface area contributed by atoms with E-state index >= 15 is 0 Å². The van der Waals surface area contributed by atoms with Crippen molar-refractivity contribution in [1.29, 1.82) is 0 Å². The van der Waals surface area contributed by atoms with Crippen LogP contribution in [0.4, 0.5) is 0 Å². The molecule has 0 saturated carbocycles. The molecule has 6 heteroatoms. The zero-order chi connectivity index (χ0) is 43.3. The van der Waals surface area contributed by atoms with Gasteiger partial charge in [-0.05, 0) is 31.1 Å². The van der Waals surface area contributed by atoms with E-state index < -0.39 is 6.10 Å². The van der Waals surface area contributed by atoms with Crippen molar-refractivity contribution < 1.29 is 28.6 Å². The van der Waals surface area contributed by atoms with Crippen molar-refractivity contribution in [3.05, 3.63) is 0 Å². The Bertz CT molecular complexity index is 902. The molecular formula is C53H102O6. The van der Waals surface area contributed by atoms with E-state index in [2.05, 4.69) is 34.6 Å². The molecule has 0 bridgehead atoms. The van der Waals surface area contributed by atoms with Crippen LogP contribution in [0.5, 0.6) is 0 Å². The van der Waals surface area contributed by atoms with Crippen molar-refractivity contribution in [2.24, 2.45) is 11.8 Å². The fourth-order valence-electron chi connectivity index (χ4n) is 7.96. The summed E-state index contributed by atoms with van der Waals surface area (Å²) < 4.78 is 16.8. The van der Waals surface area contributed by atoms with Crippen LogP contribution < -0.4 is 0 Å². The maximum atomic E-state index is 12.7. The highest BCUT2D eigenvalue weighted by Gasteiger charge is 2.19. The van der Waals surface area contributed by atoms with Crippen molar-refractivity contribution in [3.63, 3.8) is 0 Å². The fourth-order valence-corrected chi connectivity index (χ4v) is 7.96. The van der Waals surface area contributed by atoms with E-state index in [1.54, 1.807) is 0 Å². The van der Waals surface area contributed by atoms with E-state index in [9.17, 15) is 14.4 Å². The Morgan fingerprint density at radius 3 is 0.966 bits per heavy atom. The molecule has 0 saturated heterocycles. The molecule has 0 rings (SSSR count). The molecular weight excluding hydrogens is 733 g/mol. The van der Waals surface area contributed by atoms with Gasteiger partial charge in [-0.3, -0.25) is 14.4 Å². The summed E-state index contributed by atoms with van der Waals surface area (Å²) in [5, 5.41) is 0. The minimum atomic E-state index is -0.761. The van der Waals surface area contributed by atoms with Gasteiger partial charge < -0.3 is 14.2 Å². The topological polar surface area (TPSA) is 78.9 Å². The molecule has 0 aromatic rings. The van der Waals surface area contributed by atoms with Crippen LogP contribution in [0, 0.1) is 11.8 Å². The van der Waals surface area contributed by atoms with Crippen molar-refractivity contribution in [3.8, 4) is 0 Å². The Morgan fingerprint density at radius 1 is 0.356 bits per heavy atom. The molecule has 0 spiro atoms. The molecule has 0 heterocycles. The normalized spacial score (nSPS) is 12.5. The quantitative estimate of drug-likeness (QED) is 0.0345. The highest BCUT2D eigenvalue weighted by molar-refractivity contribution is 5.71. The van der Waals surface area contributed by atoms with Gasteiger partial charge in [0, 0.05) is 19.3 Å². The molecule has 0 aliphatic rings. The standard InChI is InChI=1S/C53H102O6/c1-6-8-9-10-11-21-30-35-40-45-53(56)59-50(47-58-52(55)44-39-34-29-25-20-16-17-22-26-31-36-41-48(3)4)46-57-51(54)43-38-33-28-24-19-15-13-12-14-18-23-27-32-37-42-49(5)7-2/h48-50H,6-47H2,1-5H3/t49?,50-/m1/s1. The van der Waals surface area contributed by atoms with Crippen LogP contribution in [0.2, 0.25) is 0 Å². The van der Waals surface area contributed by atoms with E-state index in [4.69, 9.17) is 14.2 Å². The first-order valence-electron chi connectivity index (χ1n) is 26.3. The van der Waals surface area contributed by atoms with E-state index in [1.165, 1.54) is 180 Å². The molecule has 350 valence electrons. The second kappa shape index (κ2) is 45.9. The summed E-state index contributed by atoms with van der Waals surface area (Å²) in [5.74, 6) is 0.873. The van der Waals surface area contributed by atoms with Gasteiger partial charge >= 0.3 is 17.9 Å². The number of rotatable bonds is 47. The summed E-state index contributed by atoms with van der Waals surface area (Å²) in [6, 6.07) is 0. The first-order valence-corrected chi connectivity index (χ1v) is 26.3. The van der Waals surface area contributed by atoms with E-state index in [-0.39, 0.29) is 31.1 Å². The SMILES string of the molecule is CCCCCCCCCCCC(=O)O[C@H](COC(=O)CCCCCCCCCCCCCCCCC(C)CC)COC(=O)CCCCCCCCCCCCCC(C)C. The third kappa shape index (κ3) is 45.8. The third-order valence-electron chi connectivity index (χ3n) is 12.3. The van der Waals surface area contributed by atoms with Crippen LogP contribution in [-0.2, 0) is 28.6 Å². The summed E-state index contributed by atoms with van der Waals surface area (Å²) in [5.41, 5.74) is 0. The van der Waals surface area contributed by atoms with Crippen molar-refractivity contribution in [2.75, 3.05) is 13.2 Å². The van der Waals surface area contributed by atoms with Crippen LogP contribution in [0.15, 0.2) is 0 Å². The molecule has 2 atom stereocenters. The lowest BCUT2D eigenvalue weighted by molar-refractivity contribution is -0.167. The molecule has 0 amide bonds. The lowest BCUT2D eigenvalue weighted by atomic mass is 9.99. The third-order valence-corrected chi connectivity index (χ3v) is 12.3. The predicted octanol–water partition coefficient (Wildman–Crippen LogP) is 16.9. The summed E-state index contributed by atoms with van der Waals surface area (Å²) in [7, 11) is 0. The molecule has 59 heavy (non-hydrogen) atoms. The van der Waals surface area contributed by atoms with Gasteiger partial charge in [0.2, 0.25) is 0 Å². The first-order chi connectivity index (χ1) is 28.8. The minimum absolute atomic E-state index is 0.0637. The maximum Gasteiger partial charge on any atom is 0.306 e. The number of unbranched alkanes of at least 4 members (excludes halogenated alkanes) is 31. The Labute approximate surface area is 368 Å². The molecule has 0 radical (unpaired) electrons. The average molecular weight is 835 g/mol. The van der Waals surface area contributed by atoms with Gasteiger partial charge in [-0.1, -0.05) is 253 Å². The van der Waals surface area contributed by atoms with Gasteiger partial charge in [-0.2, -0.15) is 0 Å². The smallest absolute Gasteiger partial charge is 0.306 e. The van der Waals surface area contributed by atoms with Gasteiger partial charge in [0.15, 0.2) is 6.10 Å². The molecule has 0 aromatic heterocycles. The van der Waals surface area contributed by atoms with Crippen LogP contribution in [0.25, 0.3) is 0 Å². The number of hydrogen-bond acceptors (Lipinski definition) is 6. The first kappa shape index (κ1) is 57.4. The molecule has 0 aliphatic heterocycles. The van der Waals surface area contributed by atoms with Gasteiger partial charge in [0.25, 0.3) is 0 Å². The maximum absolute atomic E-state index is 12.7. The second-order valence-corrected chi connectivity index (χ2v) is 18.9. The van der Waals surface area contributed by atoms with Gasteiger partial charge in [0.05, 0.1) is 0 Å². The van der Waals surface area contributed by atoms with Crippen molar-refractivity contribution in [1.82, 2.24) is 0 Å². The molecule has 0 N–H and O–H groups in total. The monoisotopic (exact) mass is 835 g/mol. The molecule has 0 aliphatic carbocycles. The Kier molecular flexibility index (Phi) is 44.7. The summed E-state index contributed by atoms with van der Waals surface area (Å²) in [6.07, 6.45) is 46.6. The summed E-state index contributed by atoms with van der Waals surface area (Å²) in [6.45, 7) is 11.4. The second-order valence-electron chi connectivity index (χ2n) is 18.9. The molecule has 0 fully saturated rings. The highest BCUT2D eigenvalue weighted by Crippen LogP contribution is 2.18. The Morgan fingerprint density at radius 2 is 0.644 bits per heavy atom. The zero-order valence-corrected chi connectivity index (χ0v) is 40.4. The highest BCUT2D eigenvalue weighted by atomic mass is 16.6. The lowest BCUT2D eigenvalue weighted by Gasteiger charge is -2.18. The van der Waals surface area contributed by atoms with Crippen molar-refractivity contribution in [2.45, 2.75) is 298 Å². The summed E-state index contributed by atoms with van der Waals surface area (Å²) >= 11 is 0. The van der Waals surface area contributed by atoms with E-state index in [0.29, 0.717) is 19.3 Å². The summed E-state index contributed by atoms with van der Waals surface area (Å²) in [4.78, 5) is 37.9. The average Bonchev–Trinajstić information content (AvgIpc) is 3.22. The van der Waals surface area contributed by atoms with Crippen LogP contribution >= 0.6 is 0 Å². The molecule has 0 aromatic carbocycles. The minimum Gasteiger partial charge on any atom is -0.462 e.